The van der Waals surface area contributed by atoms with E-state index in [0.717, 1.165) is 18.6 Å². The maximum absolute atomic E-state index is 9.37. The van der Waals surface area contributed by atoms with Gasteiger partial charge in [0.2, 0.25) is 0 Å². The van der Waals surface area contributed by atoms with Crippen molar-refractivity contribution in [1.82, 2.24) is 0 Å². The molecule has 0 spiro atoms. The Morgan fingerprint density at radius 3 is 2.33 bits per heavy atom. The lowest BCUT2D eigenvalue weighted by Gasteiger charge is -2.23. The molecule has 1 fully saturated rings. The van der Waals surface area contributed by atoms with Crippen molar-refractivity contribution in [3.63, 3.8) is 0 Å². The predicted molar refractivity (Wildman–Crippen MR) is 72.7 cm³/mol. The Kier molecular flexibility index (Phi) is 4.25. The zero-order chi connectivity index (χ0) is 13.1. The smallest absolute Gasteiger partial charge is 0.137 e. The maximum Gasteiger partial charge on any atom is 0.137 e. The van der Waals surface area contributed by atoms with E-state index in [2.05, 4.69) is 26.0 Å². The van der Waals surface area contributed by atoms with Crippen LogP contribution < -0.4 is 10.5 Å². The molecule has 3 heteroatoms. The van der Waals surface area contributed by atoms with Gasteiger partial charge < -0.3 is 15.6 Å². The second-order valence-electron chi connectivity index (χ2n) is 5.48. The Hall–Kier alpha value is -1.06. The molecule has 1 aromatic carbocycles. The molecule has 1 aromatic rings. The molecular weight excluding hydrogens is 226 g/mol. The van der Waals surface area contributed by atoms with Gasteiger partial charge in [-0.3, -0.25) is 0 Å². The van der Waals surface area contributed by atoms with Gasteiger partial charge in [-0.05, 0) is 42.4 Å². The first-order chi connectivity index (χ1) is 8.61. The fourth-order valence-electron chi connectivity index (χ4n) is 2.13. The van der Waals surface area contributed by atoms with Gasteiger partial charge in [0.25, 0.3) is 0 Å². The number of aliphatic hydroxyl groups is 1. The predicted octanol–water partition coefficient (Wildman–Crippen LogP) is 2.29. The summed E-state index contributed by atoms with van der Waals surface area (Å²) in [5.41, 5.74) is 7.36. The fourth-order valence-corrected chi connectivity index (χ4v) is 2.13. The minimum absolute atomic E-state index is 0.0242. The van der Waals surface area contributed by atoms with Gasteiger partial charge >= 0.3 is 0 Å². The summed E-state index contributed by atoms with van der Waals surface area (Å²) in [6, 6.07) is 7.99. The van der Waals surface area contributed by atoms with Crippen molar-refractivity contribution < 1.29 is 9.84 Å². The van der Waals surface area contributed by atoms with Crippen molar-refractivity contribution in [3.05, 3.63) is 29.8 Å². The first kappa shape index (κ1) is 13.4. The van der Waals surface area contributed by atoms with Gasteiger partial charge in [0.1, 0.15) is 11.9 Å². The molecule has 0 radical (unpaired) electrons. The highest BCUT2D eigenvalue weighted by molar-refractivity contribution is 5.29. The Balaban J connectivity index is 1.98. The number of hydrogen-bond acceptors (Lipinski definition) is 3. The molecule has 100 valence electrons. The fraction of sp³-hybridized carbons (Fsp3) is 0.600. The van der Waals surface area contributed by atoms with Crippen LogP contribution in [0.2, 0.25) is 0 Å². The van der Waals surface area contributed by atoms with E-state index >= 15 is 0 Å². The molecule has 3 N–H and O–H groups in total. The average Bonchev–Trinajstić information content (AvgIpc) is 3.20. The monoisotopic (exact) mass is 249 g/mol. The van der Waals surface area contributed by atoms with E-state index in [1.54, 1.807) is 0 Å². The Morgan fingerprint density at radius 2 is 1.89 bits per heavy atom. The summed E-state index contributed by atoms with van der Waals surface area (Å²) in [6.45, 7) is 4.30. The lowest BCUT2D eigenvalue weighted by atomic mass is 10.0. The molecule has 3 nitrogen and oxygen atoms in total. The summed E-state index contributed by atoms with van der Waals surface area (Å²) in [5, 5.41) is 9.37. The molecule has 0 bridgehead atoms. The van der Waals surface area contributed by atoms with Gasteiger partial charge in [-0.25, -0.2) is 0 Å². The molecule has 0 saturated heterocycles. The number of hydrogen-bond donors (Lipinski definition) is 2. The number of benzene rings is 1. The first-order valence-electron chi connectivity index (χ1n) is 6.75. The highest BCUT2D eigenvalue weighted by Gasteiger charge is 2.34. The highest BCUT2D eigenvalue weighted by Crippen LogP contribution is 2.33. The van der Waals surface area contributed by atoms with Gasteiger partial charge in [0.05, 0.1) is 6.61 Å². The van der Waals surface area contributed by atoms with E-state index in [0.29, 0.717) is 11.8 Å². The molecule has 0 aromatic heterocycles. The lowest BCUT2D eigenvalue weighted by molar-refractivity contribution is 0.0882. The molecular formula is C15H23NO2. The van der Waals surface area contributed by atoms with Crippen LogP contribution in [0.4, 0.5) is 0 Å². The second kappa shape index (κ2) is 5.72. The minimum Gasteiger partial charge on any atom is -0.486 e. The van der Waals surface area contributed by atoms with E-state index < -0.39 is 0 Å². The number of ether oxygens (including phenoxy) is 1. The normalized spacial score (nSPS) is 18.7. The van der Waals surface area contributed by atoms with Crippen LogP contribution in [-0.2, 0) is 0 Å². The molecule has 0 aliphatic heterocycles. The van der Waals surface area contributed by atoms with E-state index in [9.17, 15) is 5.11 Å². The van der Waals surface area contributed by atoms with Gasteiger partial charge in [-0.2, -0.15) is 0 Å². The standard InChI is InChI=1S/C15H23NO2/c1-10(2)11-5-7-13(8-6-11)18-14(9-17)15(16)12-3-4-12/h5-8,10,12,14-15,17H,3-4,9,16H2,1-2H3. The molecule has 0 heterocycles. The third-order valence-corrected chi connectivity index (χ3v) is 3.61. The number of nitrogens with two attached hydrogens (primary N) is 1. The van der Waals surface area contributed by atoms with E-state index in [1.807, 2.05) is 12.1 Å². The van der Waals surface area contributed by atoms with Crippen molar-refractivity contribution >= 4 is 0 Å². The van der Waals surface area contributed by atoms with E-state index in [4.69, 9.17) is 10.5 Å². The third kappa shape index (κ3) is 3.24. The molecule has 18 heavy (non-hydrogen) atoms. The van der Waals surface area contributed by atoms with Crippen molar-refractivity contribution in [2.24, 2.45) is 11.7 Å². The molecule has 2 rings (SSSR count). The van der Waals surface area contributed by atoms with Crippen LogP contribution in [0, 0.1) is 5.92 Å². The summed E-state index contributed by atoms with van der Waals surface area (Å²) in [4.78, 5) is 0. The first-order valence-corrected chi connectivity index (χ1v) is 6.75. The van der Waals surface area contributed by atoms with Gasteiger partial charge in [-0.15, -0.1) is 0 Å². The van der Waals surface area contributed by atoms with Crippen LogP contribution in [0.1, 0.15) is 38.2 Å². The van der Waals surface area contributed by atoms with Gasteiger partial charge in [-0.1, -0.05) is 26.0 Å². The van der Waals surface area contributed by atoms with Crippen molar-refractivity contribution in [3.8, 4) is 5.75 Å². The zero-order valence-corrected chi connectivity index (χ0v) is 11.2. The van der Waals surface area contributed by atoms with Crippen LogP contribution in [-0.4, -0.2) is 23.9 Å². The molecule has 0 amide bonds. The molecule has 1 aliphatic carbocycles. The van der Waals surface area contributed by atoms with Crippen LogP contribution in [0.3, 0.4) is 0 Å². The van der Waals surface area contributed by atoms with Gasteiger partial charge in [0.15, 0.2) is 0 Å². The number of aliphatic hydroxyl groups excluding tert-OH is 1. The molecule has 2 unspecified atom stereocenters. The highest BCUT2D eigenvalue weighted by atomic mass is 16.5. The van der Waals surface area contributed by atoms with Crippen LogP contribution in [0.15, 0.2) is 24.3 Å². The van der Waals surface area contributed by atoms with Crippen LogP contribution in [0.5, 0.6) is 5.75 Å². The largest absolute Gasteiger partial charge is 0.486 e. The Morgan fingerprint density at radius 1 is 1.28 bits per heavy atom. The third-order valence-electron chi connectivity index (χ3n) is 3.61. The lowest BCUT2D eigenvalue weighted by Crippen LogP contribution is -2.43. The second-order valence-corrected chi connectivity index (χ2v) is 5.48. The molecule has 1 aliphatic rings. The quantitative estimate of drug-likeness (QED) is 0.813. The Bertz CT molecular complexity index is 371. The summed E-state index contributed by atoms with van der Waals surface area (Å²) in [6.07, 6.45) is 2.03. The van der Waals surface area contributed by atoms with Crippen LogP contribution in [0.25, 0.3) is 0 Å². The zero-order valence-electron chi connectivity index (χ0n) is 11.2. The summed E-state index contributed by atoms with van der Waals surface area (Å²) < 4.78 is 5.79. The summed E-state index contributed by atoms with van der Waals surface area (Å²) in [7, 11) is 0. The van der Waals surface area contributed by atoms with Crippen molar-refractivity contribution in [2.75, 3.05) is 6.61 Å². The van der Waals surface area contributed by atoms with Crippen molar-refractivity contribution in [2.45, 2.75) is 44.8 Å². The van der Waals surface area contributed by atoms with Crippen molar-refractivity contribution in [1.29, 1.82) is 0 Å². The summed E-state index contributed by atoms with van der Waals surface area (Å²) in [5.74, 6) is 1.83. The van der Waals surface area contributed by atoms with E-state index in [1.165, 1.54) is 5.56 Å². The SMILES string of the molecule is CC(C)c1ccc(OC(CO)C(N)C2CC2)cc1. The average molecular weight is 249 g/mol. The van der Waals surface area contributed by atoms with Crippen LogP contribution >= 0.6 is 0 Å². The molecule has 1 saturated carbocycles. The summed E-state index contributed by atoms with van der Waals surface area (Å²) >= 11 is 0. The Labute approximate surface area is 109 Å². The molecule has 2 atom stereocenters. The minimum atomic E-state index is -0.289. The maximum atomic E-state index is 9.37. The number of rotatable bonds is 6. The van der Waals surface area contributed by atoms with Gasteiger partial charge in [0, 0.05) is 6.04 Å². The topological polar surface area (TPSA) is 55.5 Å². The van der Waals surface area contributed by atoms with E-state index in [-0.39, 0.29) is 18.8 Å².